The van der Waals surface area contributed by atoms with Crippen LogP contribution in [0, 0.1) is 27.7 Å². The minimum Gasteiger partial charge on any atom is -0.507 e. The molecule has 0 saturated carbocycles. The lowest BCUT2D eigenvalue weighted by Crippen LogP contribution is -2.11. The summed E-state index contributed by atoms with van der Waals surface area (Å²) in [6.45, 7) is 7.02. The molecule has 154 valence electrons. The first kappa shape index (κ1) is 21.3. The maximum Gasteiger partial charge on any atom is 0.188 e. The van der Waals surface area contributed by atoms with Crippen LogP contribution in [0.2, 0.25) is 20.1 Å². The Hall–Kier alpha value is -1.91. The Morgan fingerprint density at radius 2 is 1.47 bits per heavy atom. The SMILES string of the molecule is Cc1cc2c(-c3cc(Cl)c(Cl)c(Cl)c3Cl)c3cc(C)c(=O)c(C)c-3oc2c(C)c1O. The van der Waals surface area contributed by atoms with E-state index >= 15 is 0 Å². The number of fused-ring (bicyclic) bond motifs is 2. The molecule has 0 saturated heterocycles. The average molecular weight is 482 g/mol. The van der Waals surface area contributed by atoms with Gasteiger partial charge < -0.3 is 9.52 Å². The fourth-order valence-corrected chi connectivity index (χ4v) is 4.73. The fourth-order valence-electron chi connectivity index (χ4n) is 3.83. The van der Waals surface area contributed by atoms with Gasteiger partial charge in [0.05, 0.1) is 20.1 Å². The number of hydrogen-bond acceptors (Lipinski definition) is 3. The Bertz CT molecular complexity index is 1400. The number of rotatable bonds is 1. The van der Waals surface area contributed by atoms with E-state index in [1.165, 1.54) is 0 Å². The van der Waals surface area contributed by atoms with Crippen molar-refractivity contribution in [2.24, 2.45) is 0 Å². The molecule has 0 amide bonds. The van der Waals surface area contributed by atoms with Crippen LogP contribution in [0.25, 0.3) is 33.4 Å². The molecular weight excluding hydrogens is 466 g/mol. The minimum atomic E-state index is -0.108. The lowest BCUT2D eigenvalue weighted by atomic mass is 9.89. The third-order valence-electron chi connectivity index (χ3n) is 5.43. The van der Waals surface area contributed by atoms with Gasteiger partial charge in [-0.1, -0.05) is 46.4 Å². The van der Waals surface area contributed by atoms with Crippen molar-refractivity contribution in [1.29, 1.82) is 0 Å². The Morgan fingerprint density at radius 3 is 2.13 bits per heavy atom. The van der Waals surface area contributed by atoms with Gasteiger partial charge >= 0.3 is 0 Å². The summed E-state index contributed by atoms with van der Waals surface area (Å²) in [6, 6.07) is 5.24. The quantitative estimate of drug-likeness (QED) is 0.169. The predicted molar refractivity (Wildman–Crippen MR) is 125 cm³/mol. The topological polar surface area (TPSA) is 50.4 Å². The monoisotopic (exact) mass is 480 g/mol. The first-order chi connectivity index (χ1) is 14.0. The summed E-state index contributed by atoms with van der Waals surface area (Å²) in [6.07, 6.45) is 0. The molecule has 30 heavy (non-hydrogen) atoms. The van der Waals surface area contributed by atoms with E-state index in [4.69, 9.17) is 50.8 Å². The highest BCUT2D eigenvalue weighted by atomic mass is 35.5. The van der Waals surface area contributed by atoms with E-state index in [1.54, 1.807) is 39.8 Å². The molecule has 0 radical (unpaired) electrons. The summed E-state index contributed by atoms with van der Waals surface area (Å²) in [5.74, 6) is 0.541. The lowest BCUT2D eigenvalue weighted by Gasteiger charge is -2.21. The number of benzene rings is 3. The van der Waals surface area contributed by atoms with Gasteiger partial charge in [0.2, 0.25) is 0 Å². The summed E-state index contributed by atoms with van der Waals surface area (Å²) in [7, 11) is 0. The molecule has 1 heterocycles. The zero-order valence-corrected chi connectivity index (χ0v) is 19.5. The van der Waals surface area contributed by atoms with E-state index in [0.717, 1.165) is 0 Å². The van der Waals surface area contributed by atoms with E-state index < -0.39 is 0 Å². The molecule has 2 aromatic rings. The lowest BCUT2D eigenvalue weighted by molar-refractivity contribution is 0.465. The smallest absolute Gasteiger partial charge is 0.188 e. The summed E-state index contributed by atoms with van der Waals surface area (Å²) < 4.78 is 6.17. The predicted octanol–water partition coefficient (Wildman–Crippen LogP) is 8.12. The van der Waals surface area contributed by atoms with Gasteiger partial charge in [-0.3, -0.25) is 4.79 Å². The molecule has 7 heteroatoms. The molecule has 0 atom stereocenters. The van der Waals surface area contributed by atoms with Gasteiger partial charge in [-0.15, -0.1) is 0 Å². The maximum absolute atomic E-state index is 12.6. The molecule has 1 aliphatic carbocycles. The molecule has 2 aromatic carbocycles. The van der Waals surface area contributed by atoms with Crippen molar-refractivity contribution in [3.05, 3.63) is 70.8 Å². The second kappa shape index (κ2) is 7.35. The molecule has 0 fully saturated rings. The highest BCUT2D eigenvalue weighted by Crippen LogP contribution is 2.49. The summed E-state index contributed by atoms with van der Waals surface area (Å²) in [5.41, 5.74) is 4.57. The standard InChI is InChI=1S/C23H16Cl4O3/c1-8-5-13-16(12-7-15(24)18(26)19(27)17(12)25)14-6-9(2)21(29)11(4)23(14)30-22(13)10(3)20(8)28/h5-7,28H,1-4H3. The number of hydrogen-bond donors (Lipinski definition) is 1. The highest BCUT2D eigenvalue weighted by molar-refractivity contribution is 6.53. The van der Waals surface area contributed by atoms with Crippen molar-refractivity contribution in [3.63, 3.8) is 0 Å². The van der Waals surface area contributed by atoms with E-state index in [1.807, 2.05) is 6.07 Å². The van der Waals surface area contributed by atoms with Gasteiger partial charge in [0.15, 0.2) is 5.43 Å². The van der Waals surface area contributed by atoms with Crippen LogP contribution in [0.1, 0.15) is 22.3 Å². The first-order valence-electron chi connectivity index (χ1n) is 9.07. The second-order valence-electron chi connectivity index (χ2n) is 7.39. The van der Waals surface area contributed by atoms with E-state index in [2.05, 4.69) is 0 Å². The maximum atomic E-state index is 12.6. The Labute approximate surface area is 193 Å². The normalized spacial score (nSPS) is 11.6. The van der Waals surface area contributed by atoms with Crippen LogP contribution < -0.4 is 5.43 Å². The zero-order chi connectivity index (χ0) is 22.1. The molecule has 0 spiro atoms. The number of halogens is 4. The molecule has 0 bridgehead atoms. The van der Waals surface area contributed by atoms with Gasteiger partial charge in [-0.05, 0) is 57.0 Å². The van der Waals surface area contributed by atoms with Crippen molar-refractivity contribution in [3.8, 4) is 28.2 Å². The van der Waals surface area contributed by atoms with Crippen LogP contribution in [0.4, 0.5) is 0 Å². The Morgan fingerprint density at radius 1 is 0.800 bits per heavy atom. The molecular formula is C23H16Cl4O3. The number of aryl methyl sites for hydroxylation is 3. The molecule has 3 nitrogen and oxygen atoms in total. The molecule has 1 N–H and O–H groups in total. The van der Waals surface area contributed by atoms with Crippen molar-refractivity contribution in [2.75, 3.05) is 0 Å². The number of aromatic hydroxyl groups is 1. The first-order valence-corrected chi connectivity index (χ1v) is 10.6. The van der Waals surface area contributed by atoms with Gasteiger partial charge in [0.25, 0.3) is 0 Å². The molecule has 0 aromatic heterocycles. The van der Waals surface area contributed by atoms with Gasteiger partial charge in [0, 0.05) is 33.2 Å². The largest absolute Gasteiger partial charge is 0.507 e. The van der Waals surface area contributed by atoms with Crippen molar-refractivity contribution >= 4 is 57.4 Å². The van der Waals surface area contributed by atoms with Crippen LogP contribution >= 0.6 is 46.4 Å². The number of phenolic OH excluding ortho intramolecular Hbond substituents is 1. The van der Waals surface area contributed by atoms with Crippen LogP contribution in [0.3, 0.4) is 0 Å². The van der Waals surface area contributed by atoms with Crippen molar-refractivity contribution in [1.82, 2.24) is 0 Å². The summed E-state index contributed by atoms with van der Waals surface area (Å²) in [4.78, 5) is 12.6. The van der Waals surface area contributed by atoms with E-state index in [0.29, 0.717) is 55.7 Å². The molecule has 4 rings (SSSR count). The van der Waals surface area contributed by atoms with Crippen LogP contribution in [0.5, 0.6) is 5.75 Å². The Kier molecular flexibility index (Phi) is 5.22. The molecule has 2 aliphatic rings. The summed E-state index contributed by atoms with van der Waals surface area (Å²) in [5, 5.41) is 12.0. The van der Waals surface area contributed by atoms with E-state index in [9.17, 15) is 9.90 Å². The third-order valence-corrected chi connectivity index (χ3v) is 7.19. The van der Waals surface area contributed by atoms with Crippen LogP contribution in [-0.2, 0) is 0 Å². The minimum absolute atomic E-state index is 0.108. The highest BCUT2D eigenvalue weighted by Gasteiger charge is 2.26. The third kappa shape index (κ3) is 2.99. The van der Waals surface area contributed by atoms with Crippen molar-refractivity contribution < 1.29 is 9.52 Å². The van der Waals surface area contributed by atoms with Gasteiger partial charge in [-0.2, -0.15) is 0 Å². The second-order valence-corrected chi connectivity index (χ2v) is 8.93. The summed E-state index contributed by atoms with van der Waals surface area (Å²) >= 11 is 25.5. The van der Waals surface area contributed by atoms with Gasteiger partial charge in [-0.25, -0.2) is 0 Å². The molecule has 1 aliphatic heterocycles. The van der Waals surface area contributed by atoms with Crippen LogP contribution in [-0.4, -0.2) is 5.11 Å². The van der Waals surface area contributed by atoms with Gasteiger partial charge in [0.1, 0.15) is 17.1 Å². The van der Waals surface area contributed by atoms with E-state index in [-0.39, 0.29) is 31.3 Å². The van der Waals surface area contributed by atoms with Crippen molar-refractivity contribution in [2.45, 2.75) is 27.7 Å². The van der Waals surface area contributed by atoms with Crippen LogP contribution in [0.15, 0.2) is 27.4 Å². The average Bonchev–Trinajstić information content (AvgIpc) is 2.71. The Balaban J connectivity index is 2.35. The zero-order valence-electron chi connectivity index (χ0n) is 16.5. The molecule has 0 unspecified atom stereocenters. The fraction of sp³-hybridized carbons (Fsp3) is 0.174. The number of phenols is 1.